The summed E-state index contributed by atoms with van der Waals surface area (Å²) >= 11 is 0. The fraction of sp³-hybridized carbons (Fsp3) is 0.412. The number of aryl methyl sites for hydroxylation is 1. The third-order valence-corrected chi connectivity index (χ3v) is 3.61. The monoisotopic (exact) mass is 355 g/mol. The number of benzene rings is 1. The molecule has 1 aromatic carbocycles. The van der Waals surface area contributed by atoms with E-state index in [1.54, 1.807) is 13.2 Å². The Morgan fingerprint density at radius 2 is 2.08 bits per heavy atom. The lowest BCUT2D eigenvalue weighted by atomic mass is 10.1. The zero-order chi connectivity index (χ0) is 18.4. The lowest BCUT2D eigenvalue weighted by molar-refractivity contribution is -0.137. The second-order valence-electron chi connectivity index (χ2n) is 5.41. The molecule has 136 valence electrons. The summed E-state index contributed by atoms with van der Waals surface area (Å²) in [7, 11) is 1.58. The lowest BCUT2D eigenvalue weighted by Gasteiger charge is -2.09. The summed E-state index contributed by atoms with van der Waals surface area (Å²) in [4.78, 5) is 12.1. The van der Waals surface area contributed by atoms with Gasteiger partial charge < -0.3 is 10.1 Å². The van der Waals surface area contributed by atoms with Gasteiger partial charge in [0.1, 0.15) is 0 Å². The van der Waals surface area contributed by atoms with Crippen molar-refractivity contribution in [1.82, 2.24) is 15.1 Å². The molecule has 1 amide bonds. The fourth-order valence-corrected chi connectivity index (χ4v) is 2.36. The Hall–Kier alpha value is -2.35. The van der Waals surface area contributed by atoms with Gasteiger partial charge >= 0.3 is 6.18 Å². The molecule has 1 N–H and O–H groups in total. The molecule has 2 aromatic rings. The highest BCUT2D eigenvalue weighted by molar-refractivity contribution is 5.93. The van der Waals surface area contributed by atoms with E-state index in [-0.39, 0.29) is 11.6 Å². The zero-order valence-corrected chi connectivity index (χ0v) is 14.1. The van der Waals surface area contributed by atoms with Gasteiger partial charge in [0.2, 0.25) is 0 Å². The van der Waals surface area contributed by atoms with E-state index in [0.29, 0.717) is 37.4 Å². The number of nitrogens with one attached hydrogen (secondary N) is 1. The van der Waals surface area contributed by atoms with Gasteiger partial charge in [-0.1, -0.05) is 12.1 Å². The predicted molar refractivity (Wildman–Crippen MR) is 87.2 cm³/mol. The van der Waals surface area contributed by atoms with Crippen molar-refractivity contribution in [1.29, 1.82) is 0 Å². The number of rotatable bonds is 7. The maximum absolute atomic E-state index is 12.9. The Labute approximate surface area is 143 Å². The molecule has 0 atom stereocenters. The topological polar surface area (TPSA) is 56.2 Å². The summed E-state index contributed by atoms with van der Waals surface area (Å²) in [6.45, 7) is 3.20. The largest absolute Gasteiger partial charge is 0.416 e. The third kappa shape index (κ3) is 4.82. The van der Waals surface area contributed by atoms with Crippen LogP contribution in [0.15, 0.2) is 30.3 Å². The molecule has 5 nitrogen and oxygen atoms in total. The quantitative estimate of drug-likeness (QED) is 0.775. The highest BCUT2D eigenvalue weighted by atomic mass is 19.4. The van der Waals surface area contributed by atoms with Crippen LogP contribution in [-0.4, -0.2) is 35.9 Å². The van der Waals surface area contributed by atoms with Gasteiger partial charge in [-0.05, 0) is 31.5 Å². The number of aromatic nitrogens is 2. The van der Waals surface area contributed by atoms with Crippen molar-refractivity contribution >= 4 is 5.91 Å². The van der Waals surface area contributed by atoms with Gasteiger partial charge in [-0.2, -0.15) is 18.3 Å². The van der Waals surface area contributed by atoms with Gasteiger partial charge in [-0.3, -0.25) is 9.48 Å². The van der Waals surface area contributed by atoms with Crippen LogP contribution in [-0.2, 0) is 17.5 Å². The van der Waals surface area contributed by atoms with E-state index in [2.05, 4.69) is 10.4 Å². The van der Waals surface area contributed by atoms with Crippen LogP contribution in [0.2, 0.25) is 0 Å². The summed E-state index contributed by atoms with van der Waals surface area (Å²) in [6.07, 6.45) is -3.76. The molecule has 1 aromatic heterocycles. The molecular formula is C17H20F3N3O2. The average Bonchev–Trinajstić information content (AvgIpc) is 3.02. The normalized spacial score (nSPS) is 11.6. The standard InChI is InChI=1S/C17H20F3N3O2/c1-3-23-15(12-6-4-7-13(10-12)17(18,19)20)11-14(22-23)16(24)21-8-5-9-25-2/h4,6-7,10-11H,3,5,8-9H2,1-2H3,(H,21,24). The molecule has 0 radical (unpaired) electrons. The summed E-state index contributed by atoms with van der Waals surface area (Å²) in [5.74, 6) is -0.364. The molecule has 25 heavy (non-hydrogen) atoms. The summed E-state index contributed by atoms with van der Waals surface area (Å²) < 4.78 is 45.1. The molecule has 0 saturated heterocycles. The summed E-state index contributed by atoms with van der Waals surface area (Å²) in [5, 5.41) is 6.90. The number of hydrogen-bond acceptors (Lipinski definition) is 3. The maximum atomic E-state index is 12.9. The van der Waals surface area contributed by atoms with Crippen LogP contribution < -0.4 is 5.32 Å². The smallest absolute Gasteiger partial charge is 0.385 e. The van der Waals surface area contributed by atoms with Crippen molar-refractivity contribution in [3.05, 3.63) is 41.6 Å². The number of carbonyl (C=O) groups excluding carboxylic acids is 1. The molecule has 0 spiro atoms. The van der Waals surface area contributed by atoms with E-state index in [9.17, 15) is 18.0 Å². The number of amides is 1. The highest BCUT2D eigenvalue weighted by Gasteiger charge is 2.30. The Balaban J connectivity index is 2.25. The summed E-state index contributed by atoms with van der Waals surface area (Å²) in [5.41, 5.74) is 0.268. The van der Waals surface area contributed by atoms with Crippen LogP contribution in [0, 0.1) is 0 Å². The molecule has 0 saturated carbocycles. The van der Waals surface area contributed by atoms with Crippen LogP contribution >= 0.6 is 0 Å². The fourth-order valence-electron chi connectivity index (χ4n) is 2.36. The van der Waals surface area contributed by atoms with Crippen molar-refractivity contribution in [2.75, 3.05) is 20.3 Å². The van der Waals surface area contributed by atoms with Gasteiger partial charge in [0.25, 0.3) is 5.91 Å². The second kappa shape index (κ2) is 8.15. The van der Waals surface area contributed by atoms with E-state index < -0.39 is 11.7 Å². The van der Waals surface area contributed by atoms with Crippen molar-refractivity contribution in [2.45, 2.75) is 26.1 Å². The third-order valence-electron chi connectivity index (χ3n) is 3.61. The van der Waals surface area contributed by atoms with E-state index in [1.165, 1.54) is 16.8 Å². The van der Waals surface area contributed by atoms with Crippen LogP contribution in [0.25, 0.3) is 11.3 Å². The molecule has 0 aliphatic carbocycles. The van der Waals surface area contributed by atoms with E-state index in [1.807, 2.05) is 6.92 Å². The van der Waals surface area contributed by atoms with E-state index in [0.717, 1.165) is 12.1 Å². The van der Waals surface area contributed by atoms with Crippen LogP contribution in [0.5, 0.6) is 0 Å². The number of halogens is 3. The van der Waals surface area contributed by atoms with Crippen LogP contribution in [0.4, 0.5) is 13.2 Å². The lowest BCUT2D eigenvalue weighted by Crippen LogP contribution is -2.25. The average molecular weight is 355 g/mol. The minimum Gasteiger partial charge on any atom is -0.385 e. The number of carbonyl (C=O) groups is 1. The first-order chi connectivity index (χ1) is 11.9. The highest BCUT2D eigenvalue weighted by Crippen LogP contribution is 2.32. The first-order valence-electron chi connectivity index (χ1n) is 7.89. The molecule has 0 aliphatic rings. The van der Waals surface area contributed by atoms with Crippen molar-refractivity contribution in [3.8, 4) is 11.3 Å². The Morgan fingerprint density at radius 3 is 2.72 bits per heavy atom. The van der Waals surface area contributed by atoms with Crippen molar-refractivity contribution in [3.63, 3.8) is 0 Å². The van der Waals surface area contributed by atoms with Gasteiger partial charge in [-0.15, -0.1) is 0 Å². The first kappa shape index (κ1) is 19.0. The molecule has 0 bridgehead atoms. The second-order valence-corrected chi connectivity index (χ2v) is 5.41. The molecular weight excluding hydrogens is 335 g/mol. The van der Waals surface area contributed by atoms with Crippen molar-refractivity contribution in [2.24, 2.45) is 0 Å². The molecule has 1 heterocycles. The number of nitrogens with zero attached hydrogens (tertiary/aromatic N) is 2. The maximum Gasteiger partial charge on any atom is 0.416 e. The van der Waals surface area contributed by atoms with Crippen LogP contribution in [0.3, 0.4) is 0 Å². The molecule has 8 heteroatoms. The zero-order valence-electron chi connectivity index (χ0n) is 14.1. The minimum atomic E-state index is -4.42. The van der Waals surface area contributed by atoms with E-state index in [4.69, 9.17) is 4.74 Å². The summed E-state index contributed by atoms with van der Waals surface area (Å²) in [6, 6.07) is 6.49. The Morgan fingerprint density at radius 1 is 1.32 bits per heavy atom. The minimum absolute atomic E-state index is 0.173. The number of hydrogen-bond donors (Lipinski definition) is 1. The van der Waals surface area contributed by atoms with Gasteiger partial charge in [0.15, 0.2) is 5.69 Å². The Bertz CT molecular complexity index is 726. The molecule has 0 aliphatic heterocycles. The molecule has 0 unspecified atom stereocenters. The molecule has 0 fully saturated rings. The SMILES string of the molecule is CCn1nc(C(=O)NCCCOC)cc1-c1cccc(C(F)(F)F)c1. The molecule has 2 rings (SSSR count). The Kier molecular flexibility index (Phi) is 6.19. The van der Waals surface area contributed by atoms with Gasteiger partial charge in [-0.25, -0.2) is 0 Å². The van der Waals surface area contributed by atoms with E-state index >= 15 is 0 Å². The predicted octanol–water partition coefficient (Wildman–Crippen LogP) is 3.36. The first-order valence-corrected chi connectivity index (χ1v) is 7.89. The van der Waals surface area contributed by atoms with Crippen molar-refractivity contribution < 1.29 is 22.7 Å². The number of alkyl halides is 3. The van der Waals surface area contributed by atoms with Gasteiger partial charge in [0, 0.05) is 32.4 Å². The van der Waals surface area contributed by atoms with Gasteiger partial charge in [0.05, 0.1) is 11.3 Å². The number of methoxy groups -OCH3 is 1. The number of ether oxygens (including phenoxy) is 1. The van der Waals surface area contributed by atoms with Crippen LogP contribution in [0.1, 0.15) is 29.4 Å².